The Morgan fingerprint density at radius 3 is 2.59 bits per heavy atom. The summed E-state index contributed by atoms with van der Waals surface area (Å²) >= 11 is 4.84. The number of nitrogens with zero attached hydrogens (tertiary/aromatic N) is 2. The molecular weight excluding hydrogens is 488 g/mol. The average Bonchev–Trinajstić information content (AvgIpc) is 3.50. The van der Waals surface area contributed by atoms with E-state index in [0.29, 0.717) is 22.1 Å². The monoisotopic (exact) mass is 502 g/mol. The Hall–Kier alpha value is -3.73. The molecule has 0 N–H and O–H groups in total. The molecule has 0 bridgehead atoms. The van der Waals surface area contributed by atoms with Crippen molar-refractivity contribution in [2.75, 3.05) is 0 Å². The topological polar surface area (TPSA) is 76.1 Å². The second-order valence-electron chi connectivity index (χ2n) is 6.55. The molecule has 5 nitrogen and oxygen atoms in total. The minimum absolute atomic E-state index is 0.404. The number of carbonyl (C=O) groups excluding carboxylic acids is 1. The molecule has 0 unspecified atom stereocenters. The van der Waals surface area contributed by atoms with Crippen LogP contribution in [-0.4, -0.2) is 11.0 Å². The van der Waals surface area contributed by atoms with E-state index in [9.17, 15) is 10.1 Å². The first kappa shape index (κ1) is 21.5. The highest BCUT2D eigenvalue weighted by atomic mass is 79.9. The SMILES string of the molecule is N#C/C(=C\c1ccc(OC(=O)/C=C/c2ccco2)cc1)c1nc(-c2ccc(Br)cc2)cs1. The van der Waals surface area contributed by atoms with Crippen molar-refractivity contribution in [3.05, 3.63) is 99.2 Å². The molecule has 0 aliphatic carbocycles. The maximum Gasteiger partial charge on any atom is 0.336 e. The molecule has 156 valence electrons. The number of ether oxygens (including phenoxy) is 1. The maximum atomic E-state index is 11.9. The van der Waals surface area contributed by atoms with Gasteiger partial charge in [-0.3, -0.25) is 0 Å². The van der Waals surface area contributed by atoms with Gasteiger partial charge >= 0.3 is 5.97 Å². The smallest absolute Gasteiger partial charge is 0.336 e. The van der Waals surface area contributed by atoms with Crippen molar-refractivity contribution >= 4 is 51.0 Å². The molecule has 0 saturated carbocycles. The molecular formula is C25H15BrN2O3S. The van der Waals surface area contributed by atoms with Gasteiger partial charge in [-0.2, -0.15) is 5.26 Å². The molecule has 7 heteroatoms. The fourth-order valence-electron chi connectivity index (χ4n) is 2.78. The summed E-state index contributed by atoms with van der Waals surface area (Å²) in [5.74, 6) is 0.462. The van der Waals surface area contributed by atoms with Crippen LogP contribution in [0.2, 0.25) is 0 Å². The highest BCUT2D eigenvalue weighted by Crippen LogP contribution is 2.28. The van der Waals surface area contributed by atoms with E-state index < -0.39 is 5.97 Å². The summed E-state index contributed by atoms with van der Waals surface area (Å²) in [6, 6.07) is 20.5. The van der Waals surface area contributed by atoms with Gasteiger partial charge < -0.3 is 9.15 Å². The van der Waals surface area contributed by atoms with Crippen molar-refractivity contribution in [3.63, 3.8) is 0 Å². The largest absolute Gasteiger partial charge is 0.465 e. The molecule has 2 aromatic carbocycles. The minimum atomic E-state index is -0.509. The van der Waals surface area contributed by atoms with Gasteiger partial charge in [0.05, 0.1) is 17.5 Å². The van der Waals surface area contributed by atoms with Crippen LogP contribution in [0.4, 0.5) is 0 Å². The molecule has 4 rings (SSSR count). The van der Waals surface area contributed by atoms with E-state index in [-0.39, 0.29) is 0 Å². The van der Waals surface area contributed by atoms with Crippen LogP contribution in [0.3, 0.4) is 0 Å². The molecule has 0 aliphatic rings. The van der Waals surface area contributed by atoms with E-state index >= 15 is 0 Å². The van der Waals surface area contributed by atoms with E-state index in [2.05, 4.69) is 27.0 Å². The second kappa shape index (κ2) is 10.1. The Bertz CT molecular complexity index is 1310. The number of furan rings is 1. The molecule has 0 fully saturated rings. The van der Waals surface area contributed by atoms with Crippen molar-refractivity contribution in [1.29, 1.82) is 5.26 Å². The number of hydrogen-bond donors (Lipinski definition) is 0. The fourth-order valence-corrected chi connectivity index (χ4v) is 3.84. The molecule has 2 aromatic heterocycles. The number of aromatic nitrogens is 1. The molecule has 32 heavy (non-hydrogen) atoms. The number of carbonyl (C=O) groups is 1. The summed E-state index contributed by atoms with van der Waals surface area (Å²) in [5, 5.41) is 12.2. The standard InChI is InChI=1S/C25H15BrN2O3S/c26-20-7-5-18(6-8-20)23-16-32-25(28-23)19(15-27)14-17-3-9-22(10-4-17)31-24(29)12-11-21-2-1-13-30-21/h1-14,16H/b12-11+,19-14+. The number of nitriles is 1. The molecule has 4 aromatic rings. The van der Waals surface area contributed by atoms with Crippen molar-refractivity contribution in [3.8, 4) is 23.1 Å². The molecule has 2 heterocycles. The van der Waals surface area contributed by atoms with Gasteiger partial charge in [0.25, 0.3) is 0 Å². The molecule has 0 atom stereocenters. The van der Waals surface area contributed by atoms with Crippen LogP contribution in [0.5, 0.6) is 5.75 Å². The highest BCUT2D eigenvalue weighted by molar-refractivity contribution is 9.10. The highest BCUT2D eigenvalue weighted by Gasteiger charge is 2.09. The summed E-state index contributed by atoms with van der Waals surface area (Å²) in [6.07, 6.45) is 6.12. The summed E-state index contributed by atoms with van der Waals surface area (Å²) < 4.78 is 11.4. The van der Waals surface area contributed by atoms with Crippen molar-refractivity contribution in [1.82, 2.24) is 4.98 Å². The lowest BCUT2D eigenvalue weighted by Crippen LogP contribution is -2.03. The van der Waals surface area contributed by atoms with Crippen LogP contribution in [0.25, 0.3) is 29.0 Å². The van der Waals surface area contributed by atoms with Gasteiger partial charge in [-0.1, -0.05) is 40.2 Å². The lowest BCUT2D eigenvalue weighted by Gasteiger charge is -2.02. The molecule has 0 spiro atoms. The summed E-state index contributed by atoms with van der Waals surface area (Å²) in [7, 11) is 0. The Balaban J connectivity index is 1.45. The van der Waals surface area contributed by atoms with Gasteiger partial charge in [0.2, 0.25) is 0 Å². The fraction of sp³-hybridized carbons (Fsp3) is 0. The van der Waals surface area contributed by atoms with E-state index in [1.165, 1.54) is 29.8 Å². The Morgan fingerprint density at radius 1 is 1.12 bits per heavy atom. The first-order chi connectivity index (χ1) is 15.6. The third-order valence-corrected chi connectivity index (χ3v) is 5.74. The number of thiazole rings is 1. The zero-order valence-corrected chi connectivity index (χ0v) is 19.0. The van der Waals surface area contributed by atoms with Gasteiger partial charge in [-0.15, -0.1) is 11.3 Å². The van der Waals surface area contributed by atoms with Gasteiger partial charge in [-0.25, -0.2) is 9.78 Å². The van der Waals surface area contributed by atoms with E-state index in [0.717, 1.165) is 21.3 Å². The maximum absolute atomic E-state index is 11.9. The number of esters is 1. The van der Waals surface area contributed by atoms with Gasteiger partial charge in [0.15, 0.2) is 0 Å². The summed E-state index contributed by atoms with van der Waals surface area (Å²) in [5.41, 5.74) is 3.07. The first-order valence-corrected chi connectivity index (χ1v) is 11.1. The Kier molecular flexibility index (Phi) is 6.75. The number of hydrogen-bond acceptors (Lipinski definition) is 6. The second-order valence-corrected chi connectivity index (χ2v) is 8.33. The summed E-state index contributed by atoms with van der Waals surface area (Å²) in [6.45, 7) is 0. The predicted octanol–water partition coefficient (Wildman–Crippen LogP) is 6.85. The van der Waals surface area contributed by atoms with Crippen LogP contribution >= 0.6 is 27.3 Å². The third kappa shape index (κ3) is 5.49. The number of rotatable bonds is 6. The Morgan fingerprint density at radius 2 is 1.91 bits per heavy atom. The van der Waals surface area contributed by atoms with Gasteiger partial charge in [0, 0.05) is 21.5 Å². The van der Waals surface area contributed by atoms with E-state index in [1.807, 2.05) is 29.6 Å². The zero-order valence-electron chi connectivity index (χ0n) is 16.6. The van der Waals surface area contributed by atoms with Crippen molar-refractivity contribution in [2.24, 2.45) is 0 Å². The van der Waals surface area contributed by atoms with Gasteiger partial charge in [0.1, 0.15) is 22.6 Å². The summed E-state index contributed by atoms with van der Waals surface area (Å²) in [4.78, 5) is 16.5. The lowest BCUT2D eigenvalue weighted by atomic mass is 10.1. The normalized spacial score (nSPS) is 11.4. The van der Waals surface area contributed by atoms with E-state index in [4.69, 9.17) is 9.15 Å². The third-order valence-electron chi connectivity index (χ3n) is 4.33. The van der Waals surface area contributed by atoms with E-state index in [1.54, 1.807) is 42.5 Å². The van der Waals surface area contributed by atoms with Crippen LogP contribution in [0.15, 0.2) is 87.3 Å². The van der Waals surface area contributed by atoms with Gasteiger partial charge in [-0.05, 0) is 54.1 Å². The molecule has 0 saturated heterocycles. The van der Waals surface area contributed by atoms with Crippen LogP contribution in [-0.2, 0) is 4.79 Å². The number of halogens is 1. The number of allylic oxidation sites excluding steroid dienone is 1. The molecule has 0 aliphatic heterocycles. The zero-order chi connectivity index (χ0) is 22.3. The van der Waals surface area contributed by atoms with Crippen LogP contribution < -0.4 is 4.74 Å². The Labute approximate surface area is 197 Å². The van der Waals surface area contributed by atoms with Crippen LogP contribution in [0, 0.1) is 11.3 Å². The molecule has 0 radical (unpaired) electrons. The van der Waals surface area contributed by atoms with Crippen molar-refractivity contribution < 1.29 is 13.9 Å². The average molecular weight is 503 g/mol. The number of benzene rings is 2. The molecule has 0 amide bonds. The lowest BCUT2D eigenvalue weighted by molar-refractivity contribution is -0.128. The van der Waals surface area contributed by atoms with Crippen molar-refractivity contribution in [2.45, 2.75) is 0 Å². The quantitative estimate of drug-likeness (QED) is 0.125. The minimum Gasteiger partial charge on any atom is -0.465 e. The first-order valence-electron chi connectivity index (χ1n) is 9.48. The van der Waals surface area contributed by atoms with Crippen LogP contribution in [0.1, 0.15) is 16.3 Å². The predicted molar refractivity (Wildman–Crippen MR) is 129 cm³/mol.